The first-order valence-electron chi connectivity index (χ1n) is 4.25. The van der Waals surface area contributed by atoms with E-state index in [1.165, 1.54) is 8.35 Å². The van der Waals surface area contributed by atoms with Crippen molar-refractivity contribution in [2.75, 3.05) is 0 Å². The molecule has 0 aliphatic carbocycles. The molecular weight excluding hydrogens is 345 g/mol. The maximum atomic E-state index is 3.48. The second-order valence-electron chi connectivity index (χ2n) is 4.99. The average Bonchev–Trinajstić information content (AvgIpc) is 1.77. The molecule has 0 spiro atoms. The van der Waals surface area contributed by atoms with Crippen LogP contribution in [-0.4, -0.2) is 23.6 Å². The molecule has 0 aliphatic heterocycles. The van der Waals surface area contributed by atoms with Crippen molar-refractivity contribution in [2.24, 2.45) is 0 Å². The molecule has 0 atom stereocenters. The van der Waals surface area contributed by atoms with E-state index in [9.17, 15) is 0 Å². The molecule has 0 rings (SSSR count). The molecule has 6 heteroatoms. The van der Waals surface area contributed by atoms with Crippen LogP contribution in [0.1, 0.15) is 0 Å². The first kappa shape index (κ1) is 14.5. The van der Waals surface area contributed by atoms with E-state index in [0.717, 1.165) is 3.11 Å². The summed E-state index contributed by atoms with van der Waals surface area (Å²) in [6, 6.07) is 0. The SMILES string of the molecule is C[Si](C)(C)N(P=C(Br)Br)[Si](C)(C)C. The summed E-state index contributed by atoms with van der Waals surface area (Å²) in [6.07, 6.45) is 0. The Balaban J connectivity index is 4.90. The predicted molar refractivity (Wildman–Crippen MR) is 78.3 cm³/mol. The molecule has 0 amide bonds. The van der Waals surface area contributed by atoms with Gasteiger partial charge in [-0.2, -0.15) is 0 Å². The lowest BCUT2D eigenvalue weighted by molar-refractivity contribution is 0.999. The van der Waals surface area contributed by atoms with Crippen molar-refractivity contribution in [2.45, 2.75) is 39.3 Å². The van der Waals surface area contributed by atoms with Gasteiger partial charge in [-0.15, -0.1) is 0 Å². The van der Waals surface area contributed by atoms with Gasteiger partial charge in [-0.05, 0) is 40.2 Å². The van der Waals surface area contributed by atoms with Crippen LogP contribution < -0.4 is 0 Å². The maximum Gasteiger partial charge on any atom is 0.121 e. The summed E-state index contributed by atoms with van der Waals surface area (Å²) in [6.45, 7) is 14.4. The van der Waals surface area contributed by atoms with E-state index in [1.54, 1.807) is 0 Å². The van der Waals surface area contributed by atoms with Gasteiger partial charge in [0.15, 0.2) is 0 Å². The minimum atomic E-state index is -1.18. The molecule has 0 saturated heterocycles. The molecule has 0 heterocycles. The quantitative estimate of drug-likeness (QED) is 0.519. The fourth-order valence-electron chi connectivity index (χ4n) is 1.38. The summed E-state index contributed by atoms with van der Waals surface area (Å²) in [4.78, 5) is 0. The van der Waals surface area contributed by atoms with Gasteiger partial charge < -0.3 is 0 Å². The fourth-order valence-corrected chi connectivity index (χ4v) is 15.3. The highest BCUT2D eigenvalue weighted by atomic mass is 79.9. The Morgan fingerprint density at radius 1 is 0.923 bits per heavy atom. The van der Waals surface area contributed by atoms with Crippen molar-refractivity contribution in [3.63, 3.8) is 0 Å². The topological polar surface area (TPSA) is 3.24 Å². The lowest BCUT2D eigenvalue weighted by atomic mass is 11.8. The van der Waals surface area contributed by atoms with Crippen LogP contribution >= 0.6 is 40.2 Å². The lowest BCUT2D eigenvalue weighted by Crippen LogP contribution is -2.53. The molecule has 0 aromatic rings. The number of hydrogen-bond donors (Lipinski definition) is 0. The van der Waals surface area contributed by atoms with Crippen LogP contribution in [0.2, 0.25) is 39.3 Å². The minimum Gasteiger partial charge on any atom is -0.298 e. The van der Waals surface area contributed by atoms with Gasteiger partial charge in [-0.3, -0.25) is 4.00 Å². The zero-order chi connectivity index (χ0) is 10.9. The highest BCUT2D eigenvalue weighted by Gasteiger charge is 2.33. The minimum absolute atomic E-state index is 1.14. The van der Waals surface area contributed by atoms with Crippen molar-refractivity contribution in [1.82, 2.24) is 4.00 Å². The first-order valence-corrected chi connectivity index (χ1v) is 13.6. The maximum absolute atomic E-state index is 3.48. The molecule has 0 fully saturated rings. The molecule has 0 aromatic heterocycles. The van der Waals surface area contributed by atoms with Gasteiger partial charge in [0.2, 0.25) is 0 Å². The molecule has 0 N–H and O–H groups in total. The van der Waals surface area contributed by atoms with Gasteiger partial charge in [0.05, 0.1) is 3.11 Å². The highest BCUT2D eigenvalue weighted by molar-refractivity contribution is 9.41. The molecule has 0 saturated carbocycles. The number of rotatable bonds is 3. The molecule has 13 heavy (non-hydrogen) atoms. The van der Waals surface area contributed by atoms with Crippen LogP contribution in [0.3, 0.4) is 0 Å². The largest absolute Gasteiger partial charge is 0.298 e. The van der Waals surface area contributed by atoms with Crippen molar-refractivity contribution in [3.05, 3.63) is 0 Å². The standard InChI is InChI=1S/C7H18Br2NPSi2/c1-12(2,3)10(11-7(8)9)13(4,5)6/h1-6H3. The normalized spacial score (nSPS) is 13.9. The van der Waals surface area contributed by atoms with Crippen molar-refractivity contribution in [3.8, 4) is 0 Å². The second-order valence-corrected chi connectivity index (χ2v) is 20.7. The van der Waals surface area contributed by atoms with E-state index < -0.39 is 16.5 Å². The Labute approximate surface area is 103 Å². The zero-order valence-electron chi connectivity index (χ0n) is 9.15. The fraction of sp³-hybridized carbons (Fsp3) is 0.857. The van der Waals surface area contributed by atoms with Gasteiger partial charge in [0.25, 0.3) is 0 Å². The van der Waals surface area contributed by atoms with E-state index in [-0.39, 0.29) is 0 Å². The smallest absolute Gasteiger partial charge is 0.121 e. The summed E-state index contributed by atoms with van der Waals surface area (Å²) in [5, 5.41) is 0. The van der Waals surface area contributed by atoms with Gasteiger partial charge in [-0.1, -0.05) is 39.3 Å². The van der Waals surface area contributed by atoms with Gasteiger partial charge in [-0.25, -0.2) is 0 Å². The Morgan fingerprint density at radius 3 is 1.31 bits per heavy atom. The lowest BCUT2D eigenvalue weighted by Gasteiger charge is -2.40. The average molecular weight is 363 g/mol. The van der Waals surface area contributed by atoms with Crippen molar-refractivity contribution in [1.29, 1.82) is 0 Å². The Morgan fingerprint density at radius 2 is 1.23 bits per heavy atom. The van der Waals surface area contributed by atoms with Crippen LogP contribution in [0.15, 0.2) is 0 Å². The molecule has 0 radical (unpaired) electrons. The van der Waals surface area contributed by atoms with Crippen molar-refractivity contribution < 1.29 is 0 Å². The summed E-state index contributed by atoms with van der Waals surface area (Å²) in [7, 11) is -1.06. The zero-order valence-corrected chi connectivity index (χ0v) is 15.2. The number of halogens is 2. The monoisotopic (exact) mass is 361 g/mol. The second kappa shape index (κ2) is 5.04. The van der Waals surface area contributed by atoms with Crippen LogP contribution in [0.4, 0.5) is 0 Å². The molecule has 0 aromatic carbocycles. The van der Waals surface area contributed by atoms with Crippen LogP contribution in [0.25, 0.3) is 0 Å². The third-order valence-electron chi connectivity index (χ3n) is 1.45. The van der Waals surface area contributed by atoms with Gasteiger partial charge in [0, 0.05) is 0 Å². The van der Waals surface area contributed by atoms with E-state index in [4.69, 9.17) is 0 Å². The molecule has 0 unspecified atom stereocenters. The third kappa shape index (κ3) is 5.85. The molecule has 78 valence electrons. The summed E-state index contributed by atoms with van der Waals surface area (Å²) < 4.78 is 3.84. The molecular formula is C7H18Br2NPSi2. The van der Waals surface area contributed by atoms with Crippen molar-refractivity contribution >= 4 is 59.8 Å². The summed E-state index contributed by atoms with van der Waals surface area (Å²) in [5.74, 6) is 0. The first-order chi connectivity index (χ1) is 5.55. The highest BCUT2D eigenvalue weighted by Crippen LogP contribution is 2.30. The Hall–Kier alpha value is 1.52. The Bertz CT molecular complexity index is 190. The summed E-state index contributed by atoms with van der Waals surface area (Å²) >= 11 is 6.97. The van der Waals surface area contributed by atoms with Crippen LogP contribution in [0.5, 0.6) is 0 Å². The number of hydrogen-bond acceptors (Lipinski definition) is 1. The molecule has 1 nitrogen and oxygen atoms in total. The van der Waals surface area contributed by atoms with E-state index in [0.29, 0.717) is 0 Å². The Kier molecular flexibility index (Phi) is 5.63. The van der Waals surface area contributed by atoms with E-state index >= 15 is 0 Å². The molecule has 0 bridgehead atoms. The number of nitrogens with zero attached hydrogens (tertiary/aromatic N) is 1. The van der Waals surface area contributed by atoms with E-state index in [2.05, 4.69) is 75.1 Å². The predicted octanol–water partition coefficient (Wildman–Crippen LogP) is 4.70. The van der Waals surface area contributed by atoms with Gasteiger partial charge >= 0.3 is 0 Å². The van der Waals surface area contributed by atoms with Crippen LogP contribution in [0, 0.1) is 0 Å². The summed E-state index contributed by atoms with van der Waals surface area (Å²) in [5.41, 5.74) is 0. The van der Waals surface area contributed by atoms with E-state index in [1.807, 2.05) is 0 Å². The third-order valence-corrected chi connectivity index (χ3v) is 13.5. The molecule has 0 aliphatic rings. The van der Waals surface area contributed by atoms with Gasteiger partial charge in [0.1, 0.15) is 16.5 Å². The van der Waals surface area contributed by atoms with Crippen LogP contribution in [-0.2, 0) is 0 Å².